The monoisotopic (exact) mass is 229 g/mol. The van der Waals surface area contributed by atoms with E-state index in [1.54, 1.807) is 24.3 Å². The predicted octanol–water partition coefficient (Wildman–Crippen LogP) is 3.17. The van der Waals surface area contributed by atoms with Crippen LogP contribution < -0.4 is 4.74 Å². The zero-order valence-corrected chi connectivity index (χ0v) is 9.24. The second kappa shape index (κ2) is 4.77. The zero-order chi connectivity index (χ0) is 11.4. The van der Waals surface area contributed by atoms with Gasteiger partial charge in [-0.2, -0.15) is 0 Å². The fraction of sp³-hybridized carbons (Fsp3) is 0. The molecule has 3 heteroatoms. The second-order valence-corrected chi connectivity index (χ2v) is 3.57. The van der Waals surface area contributed by atoms with Crippen LogP contribution in [0.1, 0.15) is 10.4 Å². The average molecular weight is 229 g/mol. The van der Waals surface area contributed by atoms with Crippen molar-refractivity contribution in [2.75, 3.05) is 0 Å². The summed E-state index contributed by atoms with van der Waals surface area (Å²) in [6.07, 6.45) is 0. The molecule has 0 spiro atoms. The molecule has 16 heavy (non-hydrogen) atoms. The molecule has 2 nitrogen and oxygen atoms in total. The molecule has 0 aromatic heterocycles. The molecule has 0 radical (unpaired) electrons. The number of hydrogen-bond acceptors (Lipinski definition) is 3. The molecule has 0 aliphatic carbocycles. The highest BCUT2D eigenvalue weighted by Crippen LogP contribution is 2.24. The molecule has 2 aromatic rings. The van der Waals surface area contributed by atoms with Gasteiger partial charge in [0.2, 0.25) is 0 Å². The molecule has 0 saturated heterocycles. The van der Waals surface area contributed by atoms with Crippen LogP contribution in [0.25, 0.3) is 0 Å². The molecule has 0 amide bonds. The maximum absolute atomic E-state index is 11.2. The highest BCUT2D eigenvalue weighted by atomic mass is 32.1. The van der Waals surface area contributed by atoms with Crippen molar-refractivity contribution in [2.24, 2.45) is 0 Å². The van der Waals surface area contributed by atoms with Crippen molar-refractivity contribution in [3.63, 3.8) is 0 Å². The Morgan fingerprint density at radius 3 is 2.25 bits per heavy atom. The molecule has 0 saturated carbocycles. The van der Waals surface area contributed by atoms with Crippen LogP contribution in [0.4, 0.5) is 0 Å². The van der Waals surface area contributed by atoms with Gasteiger partial charge in [0.1, 0.15) is 11.5 Å². The van der Waals surface area contributed by atoms with E-state index in [0.717, 1.165) is 0 Å². The number of benzene rings is 2. The van der Waals surface area contributed by atoms with Gasteiger partial charge in [0.15, 0.2) is 0 Å². The molecule has 0 aliphatic heterocycles. The zero-order valence-electron chi connectivity index (χ0n) is 8.42. The third-order valence-corrected chi connectivity index (χ3v) is 2.30. The van der Waals surface area contributed by atoms with Gasteiger partial charge < -0.3 is 22.2 Å². The first-order valence-electron chi connectivity index (χ1n) is 4.80. The van der Waals surface area contributed by atoms with Crippen molar-refractivity contribution in [1.29, 1.82) is 0 Å². The standard InChI is InChI=1S/C13H10O2S/c14-13(16)11-8-4-5-9-12(11)15-10-6-2-1-3-7-10/h1-9H,(H,14,16)/p-1. The fourth-order valence-electron chi connectivity index (χ4n) is 1.34. The number of hydrogen-bond donors (Lipinski definition) is 0. The topological polar surface area (TPSA) is 26.3 Å². The lowest BCUT2D eigenvalue weighted by atomic mass is 10.2. The van der Waals surface area contributed by atoms with Crippen LogP contribution in [0.5, 0.6) is 11.5 Å². The van der Waals surface area contributed by atoms with Crippen molar-refractivity contribution >= 4 is 17.7 Å². The Kier molecular flexibility index (Phi) is 3.17. The van der Waals surface area contributed by atoms with E-state index in [0.29, 0.717) is 17.1 Å². The summed E-state index contributed by atoms with van der Waals surface area (Å²) in [7, 11) is 0. The Morgan fingerprint density at radius 2 is 1.56 bits per heavy atom. The Balaban J connectivity index is 2.31. The summed E-state index contributed by atoms with van der Waals surface area (Å²) in [6, 6.07) is 16.2. The number of para-hydroxylation sites is 2. The van der Waals surface area contributed by atoms with Crippen LogP contribution in [0.15, 0.2) is 54.6 Å². The third kappa shape index (κ3) is 2.38. The first-order valence-corrected chi connectivity index (χ1v) is 5.21. The maximum Gasteiger partial charge on any atom is 0.136 e. The van der Waals surface area contributed by atoms with E-state index >= 15 is 0 Å². The summed E-state index contributed by atoms with van der Waals surface area (Å²) >= 11 is 4.63. The van der Waals surface area contributed by atoms with Gasteiger partial charge in [0.25, 0.3) is 0 Å². The Bertz CT molecular complexity index is 494. The minimum Gasteiger partial charge on any atom is -0.737 e. The third-order valence-electron chi connectivity index (χ3n) is 2.08. The van der Waals surface area contributed by atoms with Crippen molar-refractivity contribution in [3.8, 4) is 11.5 Å². The molecular weight excluding hydrogens is 220 g/mol. The molecule has 0 aliphatic rings. The SMILES string of the molecule is O=C([S-])c1ccccc1Oc1ccccc1. The Morgan fingerprint density at radius 1 is 0.938 bits per heavy atom. The van der Waals surface area contributed by atoms with Gasteiger partial charge >= 0.3 is 0 Å². The van der Waals surface area contributed by atoms with E-state index in [9.17, 15) is 4.79 Å². The van der Waals surface area contributed by atoms with Crippen molar-refractivity contribution < 1.29 is 9.53 Å². The van der Waals surface area contributed by atoms with Crippen LogP contribution in [-0.2, 0) is 12.6 Å². The lowest BCUT2D eigenvalue weighted by Gasteiger charge is -2.12. The van der Waals surface area contributed by atoms with Gasteiger partial charge in [-0.3, -0.25) is 0 Å². The molecule has 0 N–H and O–H groups in total. The Hall–Kier alpha value is -1.87. The molecule has 0 unspecified atom stereocenters. The number of carbonyl (C=O) groups excluding carboxylic acids is 1. The first kappa shape index (κ1) is 10.6. The van der Waals surface area contributed by atoms with Gasteiger partial charge in [0.05, 0.1) is 0 Å². The minimum absolute atomic E-state index is 0.411. The fourth-order valence-corrected chi connectivity index (χ4v) is 1.51. The average Bonchev–Trinajstić information content (AvgIpc) is 2.31. The lowest BCUT2D eigenvalue weighted by Crippen LogP contribution is -1.97. The van der Waals surface area contributed by atoms with E-state index in [2.05, 4.69) is 12.6 Å². The summed E-state index contributed by atoms with van der Waals surface area (Å²) in [4.78, 5) is 11.2. The molecule has 2 rings (SSSR count). The predicted molar refractivity (Wildman–Crippen MR) is 64.7 cm³/mol. The molecule has 0 fully saturated rings. The van der Waals surface area contributed by atoms with Crippen LogP contribution in [0, 0.1) is 0 Å². The quantitative estimate of drug-likeness (QED) is 0.756. The van der Waals surface area contributed by atoms with E-state index < -0.39 is 5.12 Å². The van der Waals surface area contributed by atoms with E-state index in [1.165, 1.54) is 0 Å². The normalized spacial score (nSPS) is 9.75. The van der Waals surface area contributed by atoms with Crippen molar-refractivity contribution in [1.82, 2.24) is 0 Å². The number of rotatable bonds is 3. The van der Waals surface area contributed by atoms with Crippen LogP contribution >= 0.6 is 0 Å². The number of carbonyl (C=O) groups is 1. The minimum atomic E-state index is -0.411. The first-order chi connectivity index (χ1) is 7.77. The highest BCUT2D eigenvalue weighted by Gasteiger charge is 2.03. The van der Waals surface area contributed by atoms with Crippen molar-refractivity contribution in [3.05, 3.63) is 60.2 Å². The summed E-state index contributed by atoms with van der Waals surface area (Å²) in [5.74, 6) is 1.18. The summed E-state index contributed by atoms with van der Waals surface area (Å²) in [5, 5.41) is -0.411. The van der Waals surface area contributed by atoms with Crippen molar-refractivity contribution in [2.45, 2.75) is 0 Å². The van der Waals surface area contributed by atoms with E-state index in [4.69, 9.17) is 4.74 Å². The van der Waals surface area contributed by atoms with Crippen LogP contribution in [0.2, 0.25) is 0 Å². The molecule has 80 valence electrons. The number of ether oxygens (including phenoxy) is 1. The summed E-state index contributed by atoms with van der Waals surface area (Å²) < 4.78 is 5.58. The molecule has 0 bridgehead atoms. The van der Waals surface area contributed by atoms with Gasteiger partial charge in [-0.05, 0) is 24.3 Å². The van der Waals surface area contributed by atoms with E-state index in [-0.39, 0.29) is 0 Å². The second-order valence-electron chi connectivity index (χ2n) is 3.20. The molecular formula is C13H9O2S-. The summed E-state index contributed by atoms with van der Waals surface area (Å²) in [5.41, 5.74) is 0.418. The summed E-state index contributed by atoms with van der Waals surface area (Å²) in [6.45, 7) is 0. The Labute approximate surface area is 99.3 Å². The largest absolute Gasteiger partial charge is 0.737 e. The smallest absolute Gasteiger partial charge is 0.136 e. The molecule has 2 aromatic carbocycles. The highest BCUT2D eigenvalue weighted by molar-refractivity contribution is 7.77. The molecule has 0 heterocycles. The van der Waals surface area contributed by atoms with Gasteiger partial charge in [-0.15, -0.1) is 0 Å². The van der Waals surface area contributed by atoms with E-state index in [1.807, 2.05) is 30.3 Å². The maximum atomic E-state index is 11.2. The lowest BCUT2D eigenvalue weighted by molar-refractivity contribution is 0.108. The van der Waals surface area contributed by atoms with Crippen LogP contribution in [0.3, 0.4) is 0 Å². The van der Waals surface area contributed by atoms with Gasteiger partial charge in [-0.25, -0.2) is 0 Å². The van der Waals surface area contributed by atoms with Crippen LogP contribution in [-0.4, -0.2) is 5.12 Å². The van der Waals surface area contributed by atoms with Gasteiger partial charge in [-0.1, -0.05) is 30.3 Å². The molecule has 0 atom stereocenters. The van der Waals surface area contributed by atoms with Gasteiger partial charge in [0, 0.05) is 10.7 Å².